The van der Waals surface area contributed by atoms with Gasteiger partial charge in [0, 0.05) is 12.1 Å². The van der Waals surface area contributed by atoms with Gasteiger partial charge < -0.3 is 15.4 Å². The van der Waals surface area contributed by atoms with Crippen molar-refractivity contribution >= 4 is 11.6 Å². The summed E-state index contributed by atoms with van der Waals surface area (Å²) in [6.07, 6.45) is 2.60. The summed E-state index contributed by atoms with van der Waals surface area (Å²) in [6.45, 7) is 8.80. The first-order chi connectivity index (χ1) is 8.65. The number of hydrogen-bond donors (Lipinski definition) is 1. The standard InChI is InChI=1S/C13H22N4O/c1-4-10-7-18-6-5-17(10)13-11(9(2)3)12(14)15-8-16-13/h8-10H,4-7H2,1-3H3,(H2,14,15,16). The lowest BCUT2D eigenvalue weighted by Crippen LogP contribution is -2.46. The van der Waals surface area contributed by atoms with E-state index in [-0.39, 0.29) is 0 Å². The summed E-state index contributed by atoms with van der Waals surface area (Å²) in [6, 6.07) is 0.380. The molecule has 1 aromatic rings. The van der Waals surface area contributed by atoms with Gasteiger partial charge >= 0.3 is 0 Å². The minimum Gasteiger partial charge on any atom is -0.383 e. The molecule has 100 valence electrons. The predicted molar refractivity (Wildman–Crippen MR) is 72.8 cm³/mol. The zero-order chi connectivity index (χ0) is 13.1. The molecule has 5 nitrogen and oxygen atoms in total. The fourth-order valence-electron chi connectivity index (χ4n) is 2.45. The van der Waals surface area contributed by atoms with Crippen molar-refractivity contribution in [3.05, 3.63) is 11.9 Å². The molecule has 0 saturated carbocycles. The Morgan fingerprint density at radius 3 is 2.94 bits per heavy atom. The molecule has 1 aliphatic rings. The smallest absolute Gasteiger partial charge is 0.137 e. The number of rotatable bonds is 3. The Bertz CT molecular complexity index is 408. The van der Waals surface area contributed by atoms with Gasteiger partial charge in [0.05, 0.1) is 19.3 Å². The van der Waals surface area contributed by atoms with E-state index in [9.17, 15) is 0 Å². The second-order valence-electron chi connectivity index (χ2n) is 4.98. The van der Waals surface area contributed by atoms with Crippen LogP contribution in [0.15, 0.2) is 6.33 Å². The lowest BCUT2D eigenvalue weighted by Gasteiger charge is -2.37. The molecule has 0 bridgehead atoms. The van der Waals surface area contributed by atoms with Crippen molar-refractivity contribution in [1.82, 2.24) is 9.97 Å². The molecule has 1 aliphatic heterocycles. The van der Waals surface area contributed by atoms with Gasteiger partial charge in [0.15, 0.2) is 0 Å². The van der Waals surface area contributed by atoms with Crippen LogP contribution in [0, 0.1) is 0 Å². The Balaban J connectivity index is 2.39. The maximum absolute atomic E-state index is 6.01. The molecule has 2 rings (SSSR count). The molecule has 1 fully saturated rings. The zero-order valence-corrected chi connectivity index (χ0v) is 11.4. The molecule has 2 N–H and O–H groups in total. The highest BCUT2D eigenvalue weighted by atomic mass is 16.5. The van der Waals surface area contributed by atoms with Gasteiger partial charge in [0.1, 0.15) is 18.0 Å². The van der Waals surface area contributed by atoms with Crippen LogP contribution in [-0.2, 0) is 4.74 Å². The molecule has 0 aliphatic carbocycles. The van der Waals surface area contributed by atoms with Gasteiger partial charge in [0.25, 0.3) is 0 Å². The van der Waals surface area contributed by atoms with Crippen LogP contribution in [0.1, 0.15) is 38.7 Å². The van der Waals surface area contributed by atoms with Crippen LogP contribution in [0.5, 0.6) is 0 Å². The van der Waals surface area contributed by atoms with Gasteiger partial charge in [-0.05, 0) is 12.3 Å². The SMILES string of the molecule is CCC1COCCN1c1ncnc(N)c1C(C)C. The summed E-state index contributed by atoms with van der Waals surface area (Å²) in [5, 5.41) is 0. The van der Waals surface area contributed by atoms with Gasteiger partial charge in [-0.25, -0.2) is 9.97 Å². The molecule has 1 unspecified atom stereocenters. The van der Waals surface area contributed by atoms with Crippen LogP contribution in [0.25, 0.3) is 0 Å². The van der Waals surface area contributed by atoms with E-state index in [1.807, 2.05) is 0 Å². The second-order valence-corrected chi connectivity index (χ2v) is 4.98. The van der Waals surface area contributed by atoms with Crippen LogP contribution in [0.4, 0.5) is 11.6 Å². The highest BCUT2D eigenvalue weighted by molar-refractivity contribution is 5.58. The molecule has 1 saturated heterocycles. The Hall–Kier alpha value is -1.36. The Labute approximate surface area is 108 Å². The fourth-order valence-corrected chi connectivity index (χ4v) is 2.45. The van der Waals surface area contributed by atoms with Crippen molar-refractivity contribution in [2.24, 2.45) is 0 Å². The molecule has 0 aromatic carbocycles. The molecule has 1 atom stereocenters. The number of aromatic nitrogens is 2. The topological polar surface area (TPSA) is 64.3 Å². The van der Waals surface area contributed by atoms with Gasteiger partial charge in [-0.2, -0.15) is 0 Å². The number of nitrogens with two attached hydrogens (primary N) is 1. The first-order valence-corrected chi connectivity index (χ1v) is 6.59. The molecule has 18 heavy (non-hydrogen) atoms. The molecular formula is C13H22N4O. The minimum atomic E-state index is 0.321. The van der Waals surface area contributed by atoms with E-state index in [1.165, 1.54) is 0 Å². The average molecular weight is 250 g/mol. The summed E-state index contributed by atoms with van der Waals surface area (Å²) < 4.78 is 5.54. The highest BCUT2D eigenvalue weighted by Gasteiger charge is 2.26. The fraction of sp³-hybridized carbons (Fsp3) is 0.692. The second kappa shape index (κ2) is 5.52. The van der Waals surface area contributed by atoms with E-state index in [0.29, 0.717) is 17.8 Å². The first kappa shape index (κ1) is 13.1. The van der Waals surface area contributed by atoms with Crippen LogP contribution >= 0.6 is 0 Å². The lowest BCUT2D eigenvalue weighted by atomic mass is 10.0. The van der Waals surface area contributed by atoms with Crippen LogP contribution in [0.3, 0.4) is 0 Å². The van der Waals surface area contributed by atoms with E-state index in [2.05, 4.69) is 35.6 Å². The molecule has 1 aromatic heterocycles. The Kier molecular flexibility index (Phi) is 4.01. The minimum absolute atomic E-state index is 0.321. The summed E-state index contributed by atoms with van der Waals surface area (Å²) >= 11 is 0. The Morgan fingerprint density at radius 2 is 2.28 bits per heavy atom. The van der Waals surface area contributed by atoms with Crippen molar-refractivity contribution in [1.29, 1.82) is 0 Å². The number of anilines is 2. The van der Waals surface area contributed by atoms with Crippen molar-refractivity contribution in [3.8, 4) is 0 Å². The molecular weight excluding hydrogens is 228 g/mol. The summed E-state index contributed by atoms with van der Waals surface area (Å²) in [5.41, 5.74) is 7.06. The van der Waals surface area contributed by atoms with Gasteiger partial charge in [-0.3, -0.25) is 0 Å². The van der Waals surface area contributed by atoms with Crippen molar-refractivity contribution < 1.29 is 4.74 Å². The molecule has 2 heterocycles. The largest absolute Gasteiger partial charge is 0.383 e. The summed E-state index contributed by atoms with van der Waals surface area (Å²) in [4.78, 5) is 10.9. The van der Waals surface area contributed by atoms with Crippen molar-refractivity contribution in [2.45, 2.75) is 39.2 Å². The normalized spacial score (nSPS) is 20.4. The number of morpholine rings is 1. The monoisotopic (exact) mass is 250 g/mol. The van der Waals surface area contributed by atoms with E-state index >= 15 is 0 Å². The quantitative estimate of drug-likeness (QED) is 0.886. The van der Waals surface area contributed by atoms with E-state index in [1.54, 1.807) is 6.33 Å². The highest BCUT2D eigenvalue weighted by Crippen LogP contribution is 2.31. The maximum atomic E-state index is 6.01. The van der Waals surface area contributed by atoms with E-state index in [4.69, 9.17) is 10.5 Å². The summed E-state index contributed by atoms with van der Waals surface area (Å²) in [7, 11) is 0. The van der Waals surface area contributed by atoms with Gasteiger partial charge in [-0.15, -0.1) is 0 Å². The van der Waals surface area contributed by atoms with E-state index in [0.717, 1.165) is 37.6 Å². The third-order valence-electron chi connectivity index (χ3n) is 3.44. The van der Waals surface area contributed by atoms with Crippen LogP contribution in [0.2, 0.25) is 0 Å². The first-order valence-electron chi connectivity index (χ1n) is 6.59. The number of nitrogens with zero attached hydrogens (tertiary/aromatic N) is 3. The number of ether oxygens (including phenoxy) is 1. The molecule has 0 radical (unpaired) electrons. The van der Waals surface area contributed by atoms with E-state index < -0.39 is 0 Å². The van der Waals surface area contributed by atoms with Gasteiger partial charge in [0.2, 0.25) is 0 Å². The predicted octanol–water partition coefficient (Wildman–Crippen LogP) is 1.80. The van der Waals surface area contributed by atoms with Crippen LogP contribution in [-0.4, -0.2) is 35.8 Å². The Morgan fingerprint density at radius 1 is 1.50 bits per heavy atom. The maximum Gasteiger partial charge on any atom is 0.137 e. The number of hydrogen-bond acceptors (Lipinski definition) is 5. The van der Waals surface area contributed by atoms with Crippen LogP contribution < -0.4 is 10.6 Å². The third kappa shape index (κ3) is 2.41. The number of nitrogen functional groups attached to an aromatic ring is 1. The molecule has 0 amide bonds. The van der Waals surface area contributed by atoms with Crippen molar-refractivity contribution in [3.63, 3.8) is 0 Å². The zero-order valence-electron chi connectivity index (χ0n) is 11.4. The summed E-state index contributed by atoms with van der Waals surface area (Å²) in [5.74, 6) is 1.89. The molecule has 5 heteroatoms. The van der Waals surface area contributed by atoms with Crippen molar-refractivity contribution in [2.75, 3.05) is 30.4 Å². The molecule has 0 spiro atoms. The third-order valence-corrected chi connectivity index (χ3v) is 3.44. The van der Waals surface area contributed by atoms with Gasteiger partial charge in [-0.1, -0.05) is 20.8 Å². The lowest BCUT2D eigenvalue weighted by molar-refractivity contribution is 0.0924. The average Bonchev–Trinajstić information content (AvgIpc) is 2.38.